The monoisotopic (exact) mass is 384 g/mol. The second kappa shape index (κ2) is 6.92. The van der Waals surface area contributed by atoms with Gasteiger partial charge in [0.05, 0.1) is 4.90 Å². The van der Waals surface area contributed by atoms with Crippen LogP contribution in [0.25, 0.3) is 0 Å². The minimum absolute atomic E-state index is 0.292. The van der Waals surface area contributed by atoms with Crippen molar-refractivity contribution in [3.63, 3.8) is 0 Å². The normalized spacial score (nSPS) is 16.4. The SMILES string of the molecule is Cc1cc(S(=O)(=O)N2CCN(c3cccc(Cl)c3)CC2)ccc1Cl. The molecule has 0 bridgehead atoms. The molecule has 1 aliphatic heterocycles. The maximum Gasteiger partial charge on any atom is 0.243 e. The van der Waals surface area contributed by atoms with Crippen LogP contribution in [0.4, 0.5) is 5.69 Å². The van der Waals surface area contributed by atoms with Gasteiger partial charge in [0.15, 0.2) is 0 Å². The number of piperazine rings is 1. The highest BCUT2D eigenvalue weighted by molar-refractivity contribution is 7.89. The van der Waals surface area contributed by atoms with Crippen LogP contribution < -0.4 is 4.90 Å². The minimum atomic E-state index is -3.49. The molecule has 1 fully saturated rings. The number of anilines is 1. The molecule has 1 saturated heterocycles. The molecule has 0 atom stereocenters. The van der Waals surface area contributed by atoms with E-state index in [4.69, 9.17) is 23.2 Å². The number of hydrogen-bond donors (Lipinski definition) is 0. The highest BCUT2D eigenvalue weighted by Crippen LogP contribution is 2.25. The fraction of sp³-hybridized carbons (Fsp3) is 0.294. The fourth-order valence-corrected chi connectivity index (χ4v) is 4.60. The zero-order chi connectivity index (χ0) is 17.3. The van der Waals surface area contributed by atoms with Gasteiger partial charge >= 0.3 is 0 Å². The smallest absolute Gasteiger partial charge is 0.243 e. The van der Waals surface area contributed by atoms with Gasteiger partial charge in [0.2, 0.25) is 10.0 Å². The Balaban J connectivity index is 1.74. The van der Waals surface area contributed by atoms with Gasteiger partial charge < -0.3 is 4.90 Å². The Labute approximate surface area is 152 Å². The molecular formula is C17H18Cl2N2O2S. The van der Waals surface area contributed by atoms with Gasteiger partial charge in [-0.3, -0.25) is 0 Å². The molecule has 0 aromatic heterocycles. The van der Waals surface area contributed by atoms with E-state index in [-0.39, 0.29) is 0 Å². The lowest BCUT2D eigenvalue weighted by Crippen LogP contribution is -2.48. The third-order valence-electron chi connectivity index (χ3n) is 4.18. The summed E-state index contributed by atoms with van der Waals surface area (Å²) >= 11 is 12.0. The summed E-state index contributed by atoms with van der Waals surface area (Å²) in [5.74, 6) is 0. The Morgan fingerprint density at radius 1 is 0.958 bits per heavy atom. The van der Waals surface area contributed by atoms with Crippen LogP contribution in [0, 0.1) is 6.92 Å². The molecular weight excluding hydrogens is 367 g/mol. The standard InChI is InChI=1S/C17H18Cl2N2O2S/c1-13-11-16(5-6-17(13)19)24(22,23)21-9-7-20(8-10-21)15-4-2-3-14(18)12-15/h2-6,11-12H,7-10H2,1H3. The number of nitrogens with zero attached hydrogens (tertiary/aromatic N) is 2. The van der Waals surface area contributed by atoms with Crippen molar-refractivity contribution < 1.29 is 8.42 Å². The highest BCUT2D eigenvalue weighted by Gasteiger charge is 2.28. The maximum absolute atomic E-state index is 12.8. The molecule has 0 N–H and O–H groups in total. The first-order valence-electron chi connectivity index (χ1n) is 7.65. The van der Waals surface area contributed by atoms with Crippen LogP contribution >= 0.6 is 23.2 Å². The second-order valence-corrected chi connectivity index (χ2v) is 8.56. The second-order valence-electron chi connectivity index (χ2n) is 5.78. The number of sulfonamides is 1. The zero-order valence-electron chi connectivity index (χ0n) is 13.2. The van der Waals surface area contributed by atoms with E-state index in [9.17, 15) is 8.42 Å². The lowest BCUT2D eigenvalue weighted by atomic mass is 10.2. The summed E-state index contributed by atoms with van der Waals surface area (Å²) in [5.41, 5.74) is 1.78. The van der Waals surface area contributed by atoms with E-state index in [2.05, 4.69) is 4.90 Å². The fourth-order valence-electron chi connectivity index (χ4n) is 2.79. The van der Waals surface area contributed by atoms with E-state index in [1.54, 1.807) is 25.1 Å². The van der Waals surface area contributed by atoms with Crippen LogP contribution in [0.2, 0.25) is 10.0 Å². The van der Waals surface area contributed by atoms with Crippen LogP contribution in [0.3, 0.4) is 0 Å². The molecule has 0 spiro atoms. The quantitative estimate of drug-likeness (QED) is 0.807. The van der Waals surface area contributed by atoms with Crippen LogP contribution in [0.1, 0.15) is 5.56 Å². The molecule has 0 aliphatic carbocycles. The molecule has 2 aromatic carbocycles. The van der Waals surface area contributed by atoms with Crippen LogP contribution in [-0.2, 0) is 10.0 Å². The summed E-state index contributed by atoms with van der Waals surface area (Å²) in [7, 11) is -3.49. The van der Waals surface area contributed by atoms with Gasteiger partial charge in [-0.1, -0.05) is 29.3 Å². The number of hydrogen-bond acceptors (Lipinski definition) is 3. The topological polar surface area (TPSA) is 40.6 Å². The molecule has 2 aromatic rings. The van der Waals surface area contributed by atoms with Crippen LogP contribution in [0.15, 0.2) is 47.4 Å². The summed E-state index contributed by atoms with van der Waals surface area (Å²) in [5, 5.41) is 1.25. The van der Waals surface area contributed by atoms with Gasteiger partial charge in [0.1, 0.15) is 0 Å². The molecule has 1 heterocycles. The van der Waals surface area contributed by atoms with E-state index in [0.717, 1.165) is 11.3 Å². The summed E-state index contributed by atoms with van der Waals surface area (Å²) in [6, 6.07) is 12.4. The molecule has 0 unspecified atom stereocenters. The minimum Gasteiger partial charge on any atom is -0.369 e. The zero-order valence-corrected chi connectivity index (χ0v) is 15.6. The number of rotatable bonds is 3. The van der Waals surface area contributed by atoms with Crippen molar-refractivity contribution in [2.45, 2.75) is 11.8 Å². The van der Waals surface area contributed by atoms with Gasteiger partial charge in [-0.2, -0.15) is 4.31 Å². The number of benzene rings is 2. The van der Waals surface area contributed by atoms with E-state index >= 15 is 0 Å². The Kier molecular flexibility index (Phi) is 5.06. The van der Waals surface area contributed by atoms with Gasteiger partial charge in [-0.15, -0.1) is 0 Å². The third kappa shape index (κ3) is 3.54. The first-order chi connectivity index (χ1) is 11.4. The van der Waals surface area contributed by atoms with Gasteiger partial charge in [0.25, 0.3) is 0 Å². The van der Waals surface area contributed by atoms with E-state index in [1.165, 1.54) is 4.31 Å². The predicted molar refractivity (Wildman–Crippen MR) is 98.6 cm³/mol. The molecule has 4 nitrogen and oxygen atoms in total. The first kappa shape index (κ1) is 17.5. The van der Waals surface area contributed by atoms with Crippen molar-refractivity contribution in [3.05, 3.63) is 58.1 Å². The molecule has 0 radical (unpaired) electrons. The third-order valence-corrected chi connectivity index (χ3v) is 6.73. The molecule has 1 aliphatic rings. The van der Waals surface area contributed by atoms with Crippen molar-refractivity contribution in [2.24, 2.45) is 0 Å². The lowest BCUT2D eigenvalue weighted by Gasteiger charge is -2.35. The predicted octanol–water partition coefficient (Wildman–Crippen LogP) is 3.81. The number of halogens is 2. The highest BCUT2D eigenvalue weighted by atomic mass is 35.5. The summed E-state index contributed by atoms with van der Waals surface area (Å²) in [6.07, 6.45) is 0. The lowest BCUT2D eigenvalue weighted by molar-refractivity contribution is 0.385. The molecule has 24 heavy (non-hydrogen) atoms. The average molecular weight is 385 g/mol. The van der Waals surface area contributed by atoms with E-state index in [0.29, 0.717) is 41.1 Å². The Morgan fingerprint density at radius 3 is 2.29 bits per heavy atom. The molecule has 7 heteroatoms. The van der Waals surface area contributed by atoms with Gasteiger partial charge in [-0.25, -0.2) is 8.42 Å². The van der Waals surface area contributed by atoms with E-state index in [1.807, 2.05) is 24.3 Å². The summed E-state index contributed by atoms with van der Waals surface area (Å²) in [6.45, 7) is 3.95. The van der Waals surface area contributed by atoms with Crippen molar-refractivity contribution in [1.29, 1.82) is 0 Å². The first-order valence-corrected chi connectivity index (χ1v) is 9.84. The molecule has 0 saturated carbocycles. The van der Waals surface area contributed by atoms with Crippen LogP contribution in [0.5, 0.6) is 0 Å². The molecule has 0 amide bonds. The van der Waals surface area contributed by atoms with Crippen molar-refractivity contribution in [1.82, 2.24) is 4.31 Å². The van der Waals surface area contributed by atoms with Gasteiger partial charge in [0, 0.05) is 41.9 Å². The number of aryl methyl sites for hydroxylation is 1. The van der Waals surface area contributed by atoms with E-state index < -0.39 is 10.0 Å². The average Bonchev–Trinajstić information content (AvgIpc) is 2.57. The van der Waals surface area contributed by atoms with Crippen molar-refractivity contribution in [3.8, 4) is 0 Å². The molecule has 3 rings (SSSR count). The largest absolute Gasteiger partial charge is 0.369 e. The Bertz CT molecular complexity index is 847. The van der Waals surface area contributed by atoms with Crippen molar-refractivity contribution in [2.75, 3.05) is 31.1 Å². The van der Waals surface area contributed by atoms with Gasteiger partial charge in [-0.05, 0) is 48.9 Å². The van der Waals surface area contributed by atoms with Crippen molar-refractivity contribution >= 4 is 38.9 Å². The summed E-state index contributed by atoms with van der Waals surface area (Å²) < 4.78 is 27.1. The maximum atomic E-state index is 12.8. The Morgan fingerprint density at radius 2 is 1.67 bits per heavy atom. The van der Waals surface area contributed by atoms with Crippen LogP contribution in [-0.4, -0.2) is 38.9 Å². The summed E-state index contributed by atoms with van der Waals surface area (Å²) in [4.78, 5) is 2.44. The molecule has 128 valence electrons. The Hall–Kier alpha value is -1.27.